The van der Waals surface area contributed by atoms with Gasteiger partial charge in [-0.25, -0.2) is 0 Å². The van der Waals surface area contributed by atoms with Crippen LogP contribution < -0.4 is 10.6 Å². The van der Waals surface area contributed by atoms with E-state index in [1.54, 1.807) is 18.4 Å². The van der Waals surface area contributed by atoms with E-state index in [2.05, 4.69) is 46.0 Å². The first-order chi connectivity index (χ1) is 13.4. The van der Waals surface area contributed by atoms with Gasteiger partial charge in [0, 0.05) is 43.8 Å². The van der Waals surface area contributed by atoms with Crippen molar-refractivity contribution in [2.24, 2.45) is 12.0 Å². The molecule has 0 spiro atoms. The third kappa shape index (κ3) is 4.55. The monoisotopic (exact) mass is 402 g/mol. The van der Waals surface area contributed by atoms with Gasteiger partial charge in [0.15, 0.2) is 5.96 Å². The quantitative estimate of drug-likeness (QED) is 0.591. The summed E-state index contributed by atoms with van der Waals surface area (Å²) in [5, 5.41) is 13.1. The second-order valence-corrected chi connectivity index (χ2v) is 8.38. The second kappa shape index (κ2) is 8.77. The van der Waals surface area contributed by atoms with Crippen molar-refractivity contribution >= 4 is 23.2 Å². The van der Waals surface area contributed by atoms with Crippen molar-refractivity contribution < 1.29 is 4.79 Å². The predicted molar refractivity (Wildman–Crippen MR) is 114 cm³/mol. The lowest BCUT2D eigenvalue weighted by atomic mass is 10.1. The average molecular weight is 403 g/mol. The minimum absolute atomic E-state index is 0.103. The molecule has 2 aromatic heterocycles. The maximum atomic E-state index is 12.6. The maximum absolute atomic E-state index is 12.6. The molecule has 1 atom stereocenters. The molecule has 0 aliphatic carbocycles. The molecule has 28 heavy (non-hydrogen) atoms. The largest absolute Gasteiger partial charge is 0.354 e. The Morgan fingerprint density at radius 1 is 1.43 bits per heavy atom. The van der Waals surface area contributed by atoms with E-state index in [0.717, 1.165) is 25.1 Å². The van der Waals surface area contributed by atoms with Gasteiger partial charge in [0.2, 0.25) is 5.91 Å². The van der Waals surface area contributed by atoms with Gasteiger partial charge in [-0.3, -0.25) is 14.5 Å². The smallest absolute Gasteiger partial charge is 0.242 e. The normalized spacial score (nSPS) is 15.3. The van der Waals surface area contributed by atoms with Crippen LogP contribution >= 0.6 is 11.3 Å². The number of nitrogens with zero attached hydrogens (tertiary/aromatic N) is 4. The van der Waals surface area contributed by atoms with Gasteiger partial charge in [-0.2, -0.15) is 5.10 Å². The highest BCUT2D eigenvalue weighted by molar-refractivity contribution is 7.10. The number of fused-ring (bicyclic) bond motifs is 1. The Kier molecular flexibility index (Phi) is 6.39. The van der Waals surface area contributed by atoms with E-state index in [-0.39, 0.29) is 18.5 Å². The van der Waals surface area contributed by atoms with Gasteiger partial charge in [0.1, 0.15) is 0 Å². The third-order valence-corrected chi connectivity index (χ3v) is 6.37. The molecule has 152 valence electrons. The van der Waals surface area contributed by atoms with Crippen molar-refractivity contribution in [1.82, 2.24) is 25.3 Å². The summed E-state index contributed by atoms with van der Waals surface area (Å²) in [6.07, 6.45) is 1.81. The molecule has 2 aromatic rings. The van der Waals surface area contributed by atoms with Gasteiger partial charge in [-0.1, -0.05) is 0 Å². The van der Waals surface area contributed by atoms with E-state index >= 15 is 0 Å². The molecule has 0 radical (unpaired) electrons. The molecule has 0 aromatic carbocycles. The number of nitrogens with one attached hydrogen (secondary N) is 2. The van der Waals surface area contributed by atoms with Gasteiger partial charge >= 0.3 is 0 Å². The van der Waals surface area contributed by atoms with Crippen LogP contribution in [0.25, 0.3) is 0 Å². The zero-order chi connectivity index (χ0) is 20.3. The molecular weight excluding hydrogens is 372 g/mol. The highest BCUT2D eigenvalue weighted by Crippen LogP contribution is 2.23. The Bertz CT molecular complexity index is 868. The lowest BCUT2D eigenvalue weighted by molar-refractivity contribution is -0.130. The highest BCUT2D eigenvalue weighted by Gasteiger charge is 2.21. The molecule has 3 rings (SSSR count). The van der Waals surface area contributed by atoms with E-state index in [1.807, 2.05) is 23.6 Å². The number of guanidine groups is 1. The molecule has 1 amide bonds. The fraction of sp³-hybridized carbons (Fsp3) is 0.550. The molecule has 7 nitrogen and oxygen atoms in total. The Morgan fingerprint density at radius 2 is 2.21 bits per heavy atom. The van der Waals surface area contributed by atoms with Crippen molar-refractivity contribution in [3.8, 4) is 0 Å². The Balaban J connectivity index is 1.50. The minimum atomic E-state index is 0.103. The zero-order valence-corrected chi connectivity index (χ0v) is 18.2. The number of amides is 1. The molecule has 1 aliphatic rings. The number of hydrogen-bond acceptors (Lipinski definition) is 4. The van der Waals surface area contributed by atoms with E-state index < -0.39 is 0 Å². The lowest BCUT2D eigenvalue weighted by Gasteiger charge is -2.27. The lowest BCUT2D eigenvalue weighted by Crippen LogP contribution is -2.48. The van der Waals surface area contributed by atoms with Crippen molar-refractivity contribution in [3.05, 3.63) is 38.8 Å². The zero-order valence-electron chi connectivity index (χ0n) is 17.4. The van der Waals surface area contributed by atoms with Crippen molar-refractivity contribution in [2.75, 3.05) is 20.1 Å². The molecule has 0 saturated carbocycles. The summed E-state index contributed by atoms with van der Waals surface area (Å²) in [4.78, 5) is 20.2. The highest BCUT2D eigenvalue weighted by atomic mass is 32.1. The fourth-order valence-electron chi connectivity index (χ4n) is 3.63. The number of rotatable bonds is 5. The third-order valence-electron chi connectivity index (χ3n) is 5.34. The molecule has 0 fully saturated rings. The molecule has 0 saturated heterocycles. The fourth-order valence-corrected chi connectivity index (χ4v) is 4.52. The standard InChI is InChI=1S/C20H30N6OS/c1-13(10-17-14(2)24-25(5)15(17)3)23-20(21-4)22-11-19(27)26-8-6-18-16(12-26)7-9-28-18/h7,9,13H,6,8,10-12H2,1-5H3,(H2,21,22,23). The first kappa shape index (κ1) is 20.4. The van der Waals surface area contributed by atoms with Gasteiger partial charge in [0.05, 0.1) is 12.2 Å². The van der Waals surface area contributed by atoms with E-state index in [9.17, 15) is 4.79 Å². The number of aryl methyl sites for hydroxylation is 2. The number of carbonyl (C=O) groups is 1. The summed E-state index contributed by atoms with van der Waals surface area (Å²) in [5.41, 5.74) is 4.78. The van der Waals surface area contributed by atoms with Gasteiger partial charge in [0.25, 0.3) is 0 Å². The summed E-state index contributed by atoms with van der Waals surface area (Å²) in [7, 11) is 3.70. The molecule has 1 unspecified atom stereocenters. The van der Waals surface area contributed by atoms with Crippen molar-refractivity contribution in [2.45, 2.75) is 46.2 Å². The second-order valence-electron chi connectivity index (χ2n) is 7.38. The van der Waals surface area contributed by atoms with Crippen LogP contribution in [-0.4, -0.2) is 52.7 Å². The molecule has 3 heterocycles. The summed E-state index contributed by atoms with van der Waals surface area (Å²) in [6, 6.07) is 2.29. The number of hydrogen-bond donors (Lipinski definition) is 2. The van der Waals surface area contributed by atoms with Crippen LogP contribution in [0.3, 0.4) is 0 Å². The molecule has 1 aliphatic heterocycles. The first-order valence-electron chi connectivity index (χ1n) is 9.68. The Hall–Kier alpha value is -2.35. The van der Waals surface area contributed by atoms with E-state index in [1.165, 1.54) is 21.7 Å². The summed E-state index contributed by atoms with van der Waals surface area (Å²) < 4.78 is 1.92. The van der Waals surface area contributed by atoms with E-state index in [0.29, 0.717) is 12.5 Å². The van der Waals surface area contributed by atoms with Gasteiger partial charge < -0.3 is 15.5 Å². The number of aromatic nitrogens is 2. The van der Waals surface area contributed by atoms with Crippen LogP contribution in [0.2, 0.25) is 0 Å². The van der Waals surface area contributed by atoms with Crippen LogP contribution in [-0.2, 0) is 31.2 Å². The molecule has 8 heteroatoms. The van der Waals surface area contributed by atoms with Crippen LogP contribution in [0.4, 0.5) is 0 Å². The molecule has 0 bridgehead atoms. The summed E-state index contributed by atoms with van der Waals surface area (Å²) in [6.45, 7) is 7.99. The van der Waals surface area contributed by atoms with Crippen molar-refractivity contribution in [3.63, 3.8) is 0 Å². The van der Waals surface area contributed by atoms with E-state index in [4.69, 9.17) is 0 Å². The van der Waals surface area contributed by atoms with Crippen molar-refractivity contribution in [1.29, 1.82) is 0 Å². The molecular formula is C20H30N6OS. The SMILES string of the molecule is CN=C(NCC(=O)N1CCc2sccc2C1)NC(C)Cc1c(C)nn(C)c1C. The van der Waals surface area contributed by atoms with Gasteiger partial charge in [-0.15, -0.1) is 11.3 Å². The summed E-state index contributed by atoms with van der Waals surface area (Å²) >= 11 is 1.78. The Labute approximate surface area is 170 Å². The van der Waals surface area contributed by atoms with Gasteiger partial charge in [-0.05, 0) is 56.2 Å². The topological polar surface area (TPSA) is 74.6 Å². The Morgan fingerprint density at radius 3 is 2.89 bits per heavy atom. The number of carbonyl (C=O) groups excluding carboxylic acids is 1. The average Bonchev–Trinajstić information content (AvgIpc) is 3.24. The maximum Gasteiger partial charge on any atom is 0.242 e. The van der Waals surface area contributed by atoms with Crippen LogP contribution in [0.5, 0.6) is 0 Å². The summed E-state index contributed by atoms with van der Waals surface area (Å²) in [5.74, 6) is 0.750. The minimum Gasteiger partial charge on any atom is -0.354 e. The van der Waals surface area contributed by atoms with Crippen LogP contribution in [0.15, 0.2) is 16.4 Å². The number of thiophene rings is 1. The van der Waals surface area contributed by atoms with Crippen LogP contribution in [0.1, 0.15) is 34.3 Å². The molecule has 2 N–H and O–H groups in total. The first-order valence-corrected chi connectivity index (χ1v) is 10.6. The van der Waals surface area contributed by atoms with Crippen LogP contribution in [0, 0.1) is 13.8 Å². The predicted octanol–water partition coefficient (Wildman–Crippen LogP) is 1.78. The number of aliphatic imine (C=N–C) groups is 1.